The zero-order valence-corrected chi connectivity index (χ0v) is 21.2. The highest BCUT2D eigenvalue weighted by atomic mass is 32.1. The molecule has 8 heteroatoms. The Balaban J connectivity index is 1.24. The van der Waals surface area contributed by atoms with Crippen molar-refractivity contribution in [3.8, 4) is 22.7 Å². The number of nitrogens with zero attached hydrogens (tertiary/aromatic N) is 2. The van der Waals surface area contributed by atoms with Crippen LogP contribution in [0.1, 0.15) is 40.9 Å². The van der Waals surface area contributed by atoms with Crippen LogP contribution >= 0.6 is 11.3 Å². The van der Waals surface area contributed by atoms with Crippen LogP contribution < -0.4 is 5.32 Å². The predicted octanol–water partition coefficient (Wildman–Crippen LogP) is 6.88. The van der Waals surface area contributed by atoms with Crippen LogP contribution in [0.15, 0.2) is 70.6 Å². The summed E-state index contributed by atoms with van der Waals surface area (Å²) in [6, 6.07) is 17.2. The minimum absolute atomic E-state index is 0.0818. The number of H-pyrrole nitrogens is 1. The van der Waals surface area contributed by atoms with Gasteiger partial charge < -0.3 is 9.73 Å². The lowest BCUT2D eigenvalue weighted by Gasteiger charge is -2.29. The number of rotatable bonds is 6. The highest BCUT2D eigenvalue weighted by Crippen LogP contribution is 2.36. The van der Waals surface area contributed by atoms with Crippen LogP contribution in [-0.2, 0) is 4.79 Å². The molecule has 5 aromatic rings. The Hall–Kier alpha value is -4.04. The predicted molar refractivity (Wildman–Crippen MR) is 144 cm³/mol. The van der Waals surface area contributed by atoms with Gasteiger partial charge in [-0.2, -0.15) is 5.10 Å². The summed E-state index contributed by atoms with van der Waals surface area (Å²) in [6.07, 6.45) is 5.15. The number of ketones is 1. The van der Waals surface area contributed by atoms with Gasteiger partial charge in [0.1, 0.15) is 11.2 Å². The lowest BCUT2D eigenvalue weighted by molar-refractivity contribution is -0.121. The van der Waals surface area contributed by atoms with Gasteiger partial charge in [0.2, 0.25) is 11.8 Å². The Morgan fingerprint density at radius 2 is 1.92 bits per heavy atom. The monoisotopic (exact) mass is 510 g/mol. The summed E-state index contributed by atoms with van der Waals surface area (Å²) < 4.78 is 6.02. The van der Waals surface area contributed by atoms with E-state index in [0.717, 1.165) is 51.9 Å². The van der Waals surface area contributed by atoms with Gasteiger partial charge in [-0.15, -0.1) is 11.3 Å². The first kappa shape index (κ1) is 23.4. The van der Waals surface area contributed by atoms with Crippen molar-refractivity contribution in [1.82, 2.24) is 15.2 Å². The van der Waals surface area contributed by atoms with E-state index in [1.54, 1.807) is 6.20 Å². The van der Waals surface area contributed by atoms with Crippen molar-refractivity contribution in [2.45, 2.75) is 32.6 Å². The molecular weight excluding hydrogens is 484 g/mol. The summed E-state index contributed by atoms with van der Waals surface area (Å²) in [7, 11) is 0. The first-order valence-corrected chi connectivity index (χ1v) is 13.3. The molecule has 1 fully saturated rings. The van der Waals surface area contributed by atoms with Gasteiger partial charge in [0.05, 0.1) is 10.4 Å². The summed E-state index contributed by atoms with van der Waals surface area (Å²) in [6.45, 7) is 2.01. The van der Waals surface area contributed by atoms with Crippen molar-refractivity contribution in [3.05, 3.63) is 76.6 Å². The van der Waals surface area contributed by atoms with E-state index in [1.165, 1.54) is 11.3 Å². The maximum Gasteiger partial charge on any atom is 0.231 e. The quantitative estimate of drug-likeness (QED) is 0.242. The third kappa shape index (κ3) is 4.60. The molecule has 0 bridgehead atoms. The number of aromatic nitrogens is 3. The number of hydrogen-bond acceptors (Lipinski definition) is 6. The van der Waals surface area contributed by atoms with Gasteiger partial charge in [0.15, 0.2) is 11.4 Å². The second-order valence-corrected chi connectivity index (χ2v) is 10.5. The van der Waals surface area contributed by atoms with E-state index in [-0.39, 0.29) is 23.5 Å². The molecule has 2 N–H and O–H groups in total. The van der Waals surface area contributed by atoms with Crippen LogP contribution in [0.25, 0.3) is 33.8 Å². The minimum atomic E-state index is -0.337. The number of anilines is 1. The number of thiophene rings is 1. The van der Waals surface area contributed by atoms with Crippen LogP contribution in [0.4, 0.5) is 5.69 Å². The summed E-state index contributed by atoms with van der Waals surface area (Å²) in [5.74, 6) is -0.162. The summed E-state index contributed by atoms with van der Waals surface area (Å²) in [5, 5.41) is 12.3. The second kappa shape index (κ2) is 9.78. The van der Waals surface area contributed by atoms with Crippen LogP contribution in [0.3, 0.4) is 0 Å². The maximum absolute atomic E-state index is 13.4. The third-order valence-electron chi connectivity index (χ3n) is 7.02. The van der Waals surface area contributed by atoms with E-state index in [0.29, 0.717) is 23.7 Å². The number of nitrogens with one attached hydrogen (secondary N) is 2. The normalized spacial score (nSPS) is 17.6. The molecule has 0 spiro atoms. The van der Waals surface area contributed by atoms with Crippen LogP contribution in [0, 0.1) is 18.8 Å². The van der Waals surface area contributed by atoms with Crippen molar-refractivity contribution in [2.24, 2.45) is 11.8 Å². The molecule has 6 rings (SSSR count). The Bertz CT molecular complexity index is 1580. The molecule has 1 aliphatic carbocycles. The number of benzene rings is 2. The fourth-order valence-corrected chi connectivity index (χ4v) is 5.89. The van der Waals surface area contributed by atoms with Crippen molar-refractivity contribution >= 4 is 39.8 Å². The first-order valence-electron chi connectivity index (χ1n) is 12.5. The van der Waals surface area contributed by atoms with E-state index >= 15 is 0 Å². The molecule has 37 heavy (non-hydrogen) atoms. The van der Waals surface area contributed by atoms with Gasteiger partial charge >= 0.3 is 0 Å². The Kier molecular flexibility index (Phi) is 6.18. The molecule has 7 nitrogen and oxygen atoms in total. The number of aryl methyl sites for hydroxylation is 1. The van der Waals surface area contributed by atoms with Crippen molar-refractivity contribution in [3.63, 3.8) is 0 Å². The molecule has 186 valence electrons. The lowest BCUT2D eigenvalue weighted by Crippen LogP contribution is -2.36. The minimum Gasteiger partial charge on any atom is -0.436 e. The number of carbonyl (C=O) groups is 2. The molecule has 1 amide bonds. The molecular formula is C29H26N4O3S. The Labute approximate surface area is 217 Å². The highest BCUT2D eigenvalue weighted by molar-refractivity contribution is 7.12. The topological polar surface area (TPSA) is 101 Å². The van der Waals surface area contributed by atoms with Gasteiger partial charge in [-0.05, 0) is 61.0 Å². The van der Waals surface area contributed by atoms with Gasteiger partial charge in [-0.3, -0.25) is 14.7 Å². The second-order valence-electron chi connectivity index (χ2n) is 9.55. The van der Waals surface area contributed by atoms with Gasteiger partial charge in [-0.25, -0.2) is 4.98 Å². The lowest BCUT2D eigenvalue weighted by atomic mass is 9.76. The van der Waals surface area contributed by atoms with Gasteiger partial charge in [-0.1, -0.05) is 37.1 Å². The first-order chi connectivity index (χ1) is 18.1. The van der Waals surface area contributed by atoms with Crippen LogP contribution in [0.5, 0.6) is 0 Å². The van der Waals surface area contributed by atoms with E-state index in [2.05, 4.69) is 20.5 Å². The number of Topliss-reactive ketones (excluding diaryl/α,β-unsaturated/α-hetero) is 1. The van der Waals surface area contributed by atoms with Crippen molar-refractivity contribution < 1.29 is 14.0 Å². The van der Waals surface area contributed by atoms with E-state index in [9.17, 15) is 9.59 Å². The fraction of sp³-hybridized carbons (Fsp3) is 0.241. The number of aromatic amines is 1. The molecule has 3 aromatic heterocycles. The zero-order chi connectivity index (χ0) is 25.4. The van der Waals surface area contributed by atoms with E-state index < -0.39 is 0 Å². The van der Waals surface area contributed by atoms with Crippen molar-refractivity contribution in [2.75, 3.05) is 5.32 Å². The van der Waals surface area contributed by atoms with E-state index in [4.69, 9.17) is 4.42 Å². The average molecular weight is 511 g/mol. The summed E-state index contributed by atoms with van der Waals surface area (Å²) >= 11 is 1.44. The molecule has 1 aliphatic rings. The van der Waals surface area contributed by atoms with Gasteiger partial charge in [0, 0.05) is 29.3 Å². The third-order valence-corrected chi connectivity index (χ3v) is 7.91. The van der Waals surface area contributed by atoms with Crippen LogP contribution in [0.2, 0.25) is 0 Å². The molecule has 0 saturated heterocycles. The molecule has 0 radical (unpaired) electrons. The molecule has 2 unspecified atom stereocenters. The number of amides is 1. The molecule has 2 atom stereocenters. The van der Waals surface area contributed by atoms with Crippen LogP contribution in [-0.4, -0.2) is 26.9 Å². The number of oxazole rings is 1. The molecule has 1 saturated carbocycles. The molecule has 2 aromatic carbocycles. The van der Waals surface area contributed by atoms with E-state index in [1.807, 2.05) is 66.9 Å². The molecule has 3 heterocycles. The SMILES string of the molecule is Cc1ccc2nc(-c3c[nH]nc3-c3cccc(NC(=O)C4CCCCC4C(=O)c4cccs4)c3)oc2c1. The summed E-state index contributed by atoms with van der Waals surface area (Å²) in [5.41, 5.74) is 5.52. The average Bonchev–Trinajstić information content (AvgIpc) is 3.69. The standard InChI is InChI=1S/C29H26N4O3S/c1-17-11-12-23-24(14-17)36-29(32-23)22-16-30-33-26(22)18-6-4-7-19(15-18)31-28(35)21-9-3-2-8-20(21)27(34)25-10-5-13-37-25/h4-7,10-16,20-21H,2-3,8-9H2,1H3,(H,30,33)(H,31,35). The highest BCUT2D eigenvalue weighted by Gasteiger charge is 2.36. The number of fused-ring (bicyclic) bond motifs is 1. The maximum atomic E-state index is 13.4. The van der Waals surface area contributed by atoms with Gasteiger partial charge in [0.25, 0.3) is 0 Å². The summed E-state index contributed by atoms with van der Waals surface area (Å²) in [4.78, 5) is 31.8. The Morgan fingerprint density at radius 1 is 1.05 bits per heavy atom. The smallest absolute Gasteiger partial charge is 0.231 e. The number of carbonyl (C=O) groups excluding carboxylic acids is 2. The Morgan fingerprint density at radius 3 is 2.76 bits per heavy atom. The number of hydrogen-bond donors (Lipinski definition) is 2. The fourth-order valence-electron chi connectivity index (χ4n) is 5.16. The molecule has 0 aliphatic heterocycles. The largest absolute Gasteiger partial charge is 0.436 e. The zero-order valence-electron chi connectivity index (χ0n) is 20.4. The van der Waals surface area contributed by atoms with Crippen molar-refractivity contribution in [1.29, 1.82) is 0 Å².